The highest BCUT2D eigenvalue weighted by molar-refractivity contribution is 7.93. The maximum absolute atomic E-state index is 11.9. The molecule has 1 N–H and O–H groups in total. The molecular weight excluding hydrogens is 309 g/mol. The second-order valence-corrected chi connectivity index (χ2v) is 8.07. The van der Waals surface area contributed by atoms with Crippen LogP contribution in [0.2, 0.25) is 10.0 Å². The molecule has 1 amide bonds. The number of carbonyl (C=O) groups is 1. The van der Waals surface area contributed by atoms with E-state index in [1.54, 1.807) is 6.07 Å². The molecule has 1 atom stereocenters. The lowest BCUT2D eigenvalue weighted by Crippen LogP contribution is -2.36. The van der Waals surface area contributed by atoms with Crippen molar-refractivity contribution in [2.45, 2.75) is 31.3 Å². The Morgan fingerprint density at radius 2 is 1.79 bits per heavy atom. The van der Waals surface area contributed by atoms with Gasteiger partial charge < -0.3 is 5.32 Å². The molecule has 106 valence electrons. The molecule has 0 aliphatic rings. The fourth-order valence-corrected chi connectivity index (χ4v) is 2.90. The van der Waals surface area contributed by atoms with Crippen LogP contribution in [0.15, 0.2) is 18.2 Å². The van der Waals surface area contributed by atoms with Gasteiger partial charge in [0.15, 0.2) is 9.84 Å². The van der Waals surface area contributed by atoms with E-state index in [4.69, 9.17) is 23.2 Å². The van der Waals surface area contributed by atoms with E-state index in [2.05, 4.69) is 5.32 Å². The molecule has 0 bridgehead atoms. The summed E-state index contributed by atoms with van der Waals surface area (Å²) in [7, 11) is -3.51. The van der Waals surface area contributed by atoms with Gasteiger partial charge in [-0.1, -0.05) is 23.2 Å². The van der Waals surface area contributed by atoms with Gasteiger partial charge in [-0.05, 0) is 39.0 Å². The van der Waals surface area contributed by atoms with E-state index in [-0.39, 0.29) is 0 Å². The van der Waals surface area contributed by atoms with Crippen molar-refractivity contribution in [1.82, 2.24) is 0 Å². The van der Waals surface area contributed by atoms with Crippen LogP contribution in [0.5, 0.6) is 0 Å². The van der Waals surface area contributed by atoms with Crippen LogP contribution in [0.3, 0.4) is 0 Å². The number of halogens is 2. The zero-order valence-corrected chi connectivity index (χ0v) is 13.1. The Bertz CT molecular complexity index is 585. The van der Waals surface area contributed by atoms with E-state index in [0.29, 0.717) is 15.7 Å². The van der Waals surface area contributed by atoms with Gasteiger partial charge in [0.1, 0.15) is 5.25 Å². The number of sulfone groups is 1. The first-order valence-corrected chi connectivity index (χ1v) is 8.01. The van der Waals surface area contributed by atoms with Crippen molar-refractivity contribution in [2.24, 2.45) is 0 Å². The highest BCUT2D eigenvalue weighted by Crippen LogP contribution is 2.26. The second-order valence-electron chi connectivity index (χ2n) is 4.39. The van der Waals surface area contributed by atoms with Crippen molar-refractivity contribution in [1.29, 1.82) is 0 Å². The summed E-state index contributed by atoms with van der Waals surface area (Å²) >= 11 is 11.7. The van der Waals surface area contributed by atoms with Crippen LogP contribution in [0.4, 0.5) is 5.69 Å². The van der Waals surface area contributed by atoms with Crippen LogP contribution in [-0.4, -0.2) is 24.8 Å². The van der Waals surface area contributed by atoms with Gasteiger partial charge in [-0.25, -0.2) is 8.42 Å². The van der Waals surface area contributed by atoms with Crippen LogP contribution in [0, 0.1) is 0 Å². The van der Waals surface area contributed by atoms with E-state index in [1.165, 1.54) is 32.9 Å². The minimum Gasteiger partial charge on any atom is -0.324 e. The Kier molecular flexibility index (Phi) is 5.24. The highest BCUT2D eigenvalue weighted by atomic mass is 35.5. The number of rotatable bonds is 4. The molecule has 0 radical (unpaired) electrons. The van der Waals surface area contributed by atoms with Gasteiger partial charge in [0.2, 0.25) is 5.91 Å². The summed E-state index contributed by atoms with van der Waals surface area (Å²) in [6, 6.07) is 4.57. The van der Waals surface area contributed by atoms with E-state index >= 15 is 0 Å². The van der Waals surface area contributed by atoms with Crippen LogP contribution < -0.4 is 5.32 Å². The zero-order chi connectivity index (χ0) is 14.8. The summed E-state index contributed by atoms with van der Waals surface area (Å²) in [5, 5.41) is 1.40. The molecule has 0 spiro atoms. The lowest BCUT2D eigenvalue weighted by molar-refractivity contribution is -0.115. The number of carbonyl (C=O) groups excluding carboxylic acids is 1. The number of anilines is 1. The number of hydrogen-bond donors (Lipinski definition) is 1. The lowest BCUT2D eigenvalue weighted by atomic mass is 10.3. The van der Waals surface area contributed by atoms with E-state index < -0.39 is 26.2 Å². The first-order chi connectivity index (χ1) is 8.66. The predicted octanol–water partition coefficient (Wildman–Crippen LogP) is 3.14. The molecule has 1 aromatic rings. The number of amides is 1. The van der Waals surface area contributed by atoms with Crippen molar-refractivity contribution in [3.63, 3.8) is 0 Å². The molecule has 0 saturated heterocycles. The van der Waals surface area contributed by atoms with Crippen LogP contribution in [0.1, 0.15) is 20.8 Å². The van der Waals surface area contributed by atoms with Crippen LogP contribution in [0.25, 0.3) is 0 Å². The van der Waals surface area contributed by atoms with Gasteiger partial charge in [-0.2, -0.15) is 0 Å². The second kappa shape index (κ2) is 6.11. The quantitative estimate of drug-likeness (QED) is 0.925. The van der Waals surface area contributed by atoms with Gasteiger partial charge in [0, 0.05) is 5.02 Å². The molecule has 0 saturated carbocycles. The van der Waals surface area contributed by atoms with E-state index in [9.17, 15) is 13.2 Å². The normalized spacial score (nSPS) is 13.4. The molecular formula is C12H15Cl2NO3S. The Morgan fingerprint density at radius 3 is 2.32 bits per heavy atom. The van der Waals surface area contributed by atoms with Crippen LogP contribution >= 0.6 is 23.2 Å². The Hall–Kier alpha value is -0.780. The molecule has 1 unspecified atom stereocenters. The van der Waals surface area contributed by atoms with Crippen molar-refractivity contribution < 1.29 is 13.2 Å². The summed E-state index contributed by atoms with van der Waals surface area (Å²) in [4.78, 5) is 11.9. The van der Waals surface area contributed by atoms with Crippen LogP contribution in [-0.2, 0) is 14.6 Å². The maximum atomic E-state index is 11.9. The van der Waals surface area contributed by atoms with Gasteiger partial charge in [-0.15, -0.1) is 0 Å². The highest BCUT2D eigenvalue weighted by Gasteiger charge is 2.30. The van der Waals surface area contributed by atoms with Crippen molar-refractivity contribution in [3.05, 3.63) is 28.2 Å². The minimum absolute atomic E-state index is 0.296. The summed E-state index contributed by atoms with van der Waals surface area (Å²) in [5.74, 6) is -0.627. The number of benzene rings is 1. The lowest BCUT2D eigenvalue weighted by Gasteiger charge is -2.16. The third-order valence-electron chi connectivity index (χ3n) is 2.71. The first kappa shape index (κ1) is 16.3. The minimum atomic E-state index is -3.51. The summed E-state index contributed by atoms with van der Waals surface area (Å²) < 4.78 is 23.8. The zero-order valence-electron chi connectivity index (χ0n) is 10.8. The fourth-order valence-electron chi connectivity index (χ4n) is 1.39. The van der Waals surface area contributed by atoms with Gasteiger partial charge in [0.05, 0.1) is 16.0 Å². The molecule has 7 heteroatoms. The largest absolute Gasteiger partial charge is 0.324 e. The van der Waals surface area contributed by atoms with Crippen molar-refractivity contribution in [3.8, 4) is 0 Å². The molecule has 0 aromatic heterocycles. The fraction of sp³-hybridized carbons (Fsp3) is 0.417. The van der Waals surface area contributed by atoms with Gasteiger partial charge >= 0.3 is 0 Å². The Labute approximate surface area is 123 Å². The third kappa shape index (κ3) is 3.84. The summed E-state index contributed by atoms with van der Waals surface area (Å²) in [5.41, 5.74) is 0.296. The summed E-state index contributed by atoms with van der Waals surface area (Å²) in [6.07, 6.45) is 0. The molecule has 1 rings (SSSR count). The molecule has 0 fully saturated rings. The Balaban J connectivity index is 2.95. The topological polar surface area (TPSA) is 63.2 Å². The summed E-state index contributed by atoms with van der Waals surface area (Å²) in [6.45, 7) is 4.42. The SMILES string of the molecule is CC(C)S(=O)(=O)C(C)C(=O)Nc1cc(Cl)ccc1Cl. The molecule has 0 heterocycles. The van der Waals surface area contributed by atoms with Crippen molar-refractivity contribution >= 4 is 44.6 Å². The predicted molar refractivity (Wildman–Crippen MR) is 78.6 cm³/mol. The third-order valence-corrected chi connectivity index (χ3v) is 5.78. The molecule has 0 aliphatic heterocycles. The van der Waals surface area contributed by atoms with Gasteiger partial charge in [-0.3, -0.25) is 4.79 Å². The molecule has 4 nitrogen and oxygen atoms in total. The van der Waals surface area contributed by atoms with E-state index in [0.717, 1.165) is 0 Å². The van der Waals surface area contributed by atoms with E-state index in [1.807, 2.05) is 0 Å². The Morgan fingerprint density at radius 1 is 1.21 bits per heavy atom. The average Bonchev–Trinajstić information content (AvgIpc) is 2.32. The van der Waals surface area contributed by atoms with Gasteiger partial charge in [0.25, 0.3) is 0 Å². The number of hydrogen-bond acceptors (Lipinski definition) is 3. The average molecular weight is 324 g/mol. The molecule has 19 heavy (non-hydrogen) atoms. The monoisotopic (exact) mass is 323 g/mol. The maximum Gasteiger partial charge on any atom is 0.242 e. The van der Waals surface area contributed by atoms with Crippen molar-refractivity contribution in [2.75, 3.05) is 5.32 Å². The smallest absolute Gasteiger partial charge is 0.242 e. The first-order valence-electron chi connectivity index (χ1n) is 5.65. The number of nitrogens with one attached hydrogen (secondary N) is 1. The molecule has 0 aliphatic carbocycles. The molecule has 1 aromatic carbocycles. The standard InChI is InChI=1S/C12H15Cl2NO3S/c1-7(2)19(17,18)8(3)12(16)15-11-6-9(13)4-5-10(11)14/h4-8H,1-3H3,(H,15,16).